The van der Waals surface area contributed by atoms with Gasteiger partial charge in [-0.25, -0.2) is 0 Å². The highest BCUT2D eigenvalue weighted by Gasteiger charge is 2.38. The summed E-state index contributed by atoms with van der Waals surface area (Å²) < 4.78 is 6.46. The molecule has 0 aliphatic heterocycles. The van der Waals surface area contributed by atoms with E-state index in [4.69, 9.17) is 4.43 Å². The van der Waals surface area contributed by atoms with Gasteiger partial charge in [-0.1, -0.05) is 51.1 Å². The van der Waals surface area contributed by atoms with Gasteiger partial charge >= 0.3 is 0 Å². The van der Waals surface area contributed by atoms with Gasteiger partial charge in [-0.15, -0.1) is 0 Å². The van der Waals surface area contributed by atoms with E-state index in [0.717, 1.165) is 17.4 Å². The molecule has 0 radical (unpaired) electrons. The second-order valence-corrected chi connectivity index (χ2v) is 13.1. The van der Waals surface area contributed by atoms with Crippen molar-refractivity contribution in [2.45, 2.75) is 65.3 Å². The third-order valence-electron chi connectivity index (χ3n) is 5.14. The molecule has 0 heterocycles. The van der Waals surface area contributed by atoms with Crippen molar-refractivity contribution in [3.63, 3.8) is 0 Å². The van der Waals surface area contributed by atoms with Crippen LogP contribution in [0, 0.1) is 0 Å². The summed E-state index contributed by atoms with van der Waals surface area (Å²) in [5, 5.41) is 2.52. The van der Waals surface area contributed by atoms with Gasteiger partial charge in [-0.3, -0.25) is 4.79 Å². The zero-order chi connectivity index (χ0) is 18.1. The minimum Gasteiger partial charge on any atom is -0.414 e. The predicted octanol–water partition coefficient (Wildman–Crippen LogP) is 6.00. The van der Waals surface area contributed by atoms with E-state index in [1.165, 1.54) is 10.9 Å². The molecule has 0 saturated carbocycles. The van der Waals surface area contributed by atoms with E-state index in [-0.39, 0.29) is 16.9 Å². The molecule has 2 rings (SSSR count). The summed E-state index contributed by atoms with van der Waals surface area (Å²) >= 11 is 0. The van der Waals surface area contributed by atoms with E-state index < -0.39 is 8.32 Å². The fourth-order valence-electron chi connectivity index (χ4n) is 2.69. The molecule has 2 aromatic rings. The molecule has 0 N–H and O–H groups in total. The molecule has 0 amide bonds. The summed E-state index contributed by atoms with van der Waals surface area (Å²) in [6.45, 7) is 15.2. The van der Waals surface area contributed by atoms with Crippen LogP contribution in [0.5, 0.6) is 0 Å². The van der Waals surface area contributed by atoms with Crippen molar-refractivity contribution in [1.82, 2.24) is 0 Å². The van der Waals surface area contributed by atoms with Gasteiger partial charge in [-0.05, 0) is 60.8 Å². The van der Waals surface area contributed by atoms with E-state index in [9.17, 15) is 4.79 Å². The molecule has 130 valence electrons. The van der Waals surface area contributed by atoms with Crippen LogP contribution in [-0.2, 0) is 10.8 Å². The molecule has 0 aromatic heterocycles. The first-order valence-electron chi connectivity index (χ1n) is 8.71. The minimum absolute atomic E-state index is 0.109. The maximum absolute atomic E-state index is 11.5. The molecular weight excluding hydrogens is 312 g/mol. The molecule has 3 heteroatoms. The predicted molar refractivity (Wildman–Crippen MR) is 105 cm³/mol. The molecule has 0 aliphatic carbocycles. The Labute approximate surface area is 147 Å². The Morgan fingerprint density at radius 2 is 1.67 bits per heavy atom. The van der Waals surface area contributed by atoms with E-state index in [1.807, 2.05) is 18.2 Å². The van der Waals surface area contributed by atoms with Crippen LogP contribution >= 0.6 is 0 Å². The summed E-state index contributed by atoms with van der Waals surface area (Å²) in [5.41, 5.74) is 2.05. The maximum atomic E-state index is 11.5. The molecule has 24 heavy (non-hydrogen) atoms. The van der Waals surface area contributed by atoms with Gasteiger partial charge in [0, 0.05) is 11.7 Å². The molecule has 0 fully saturated rings. The third kappa shape index (κ3) is 4.34. The third-order valence-corrected chi connectivity index (χ3v) is 9.74. The number of hydrogen-bond donors (Lipinski definition) is 0. The molecule has 0 saturated heterocycles. The van der Waals surface area contributed by atoms with Crippen molar-refractivity contribution in [2.24, 2.45) is 0 Å². The first-order valence-corrected chi connectivity index (χ1v) is 11.6. The van der Waals surface area contributed by atoms with Crippen LogP contribution in [0.15, 0.2) is 36.4 Å². The molecule has 2 nitrogen and oxygen atoms in total. The molecule has 0 aliphatic rings. The average molecular weight is 343 g/mol. The Hall–Kier alpha value is -1.45. The van der Waals surface area contributed by atoms with Crippen molar-refractivity contribution >= 4 is 24.9 Å². The number of Topliss-reactive ketones (excluding diaryl/α,β-unsaturated/α-hetero) is 1. The molecule has 1 atom stereocenters. The highest BCUT2D eigenvalue weighted by Crippen LogP contribution is 2.37. The van der Waals surface area contributed by atoms with Crippen LogP contribution in [0.2, 0.25) is 18.1 Å². The van der Waals surface area contributed by atoms with E-state index >= 15 is 0 Å². The lowest BCUT2D eigenvalue weighted by Gasteiger charge is -2.38. The Kier molecular flexibility index (Phi) is 5.36. The number of fused-ring (bicyclic) bond motifs is 1. The summed E-state index contributed by atoms with van der Waals surface area (Å²) in [5.74, 6) is 0.109. The summed E-state index contributed by atoms with van der Waals surface area (Å²) in [6.07, 6.45) is 1.12. The van der Waals surface area contributed by atoms with Gasteiger partial charge in [0.2, 0.25) is 0 Å². The highest BCUT2D eigenvalue weighted by atomic mass is 28.4. The molecule has 0 spiro atoms. The minimum atomic E-state index is -1.73. The van der Waals surface area contributed by atoms with Crippen LogP contribution in [0.3, 0.4) is 0 Å². The van der Waals surface area contributed by atoms with Gasteiger partial charge in [0.15, 0.2) is 14.1 Å². The van der Waals surface area contributed by atoms with Crippen molar-refractivity contribution in [2.75, 3.05) is 0 Å². The monoisotopic (exact) mass is 342 g/mol. The lowest BCUT2D eigenvalue weighted by Crippen LogP contribution is -2.43. The quantitative estimate of drug-likeness (QED) is 0.492. The van der Waals surface area contributed by atoms with E-state index in [0.29, 0.717) is 0 Å². The van der Waals surface area contributed by atoms with E-state index in [2.05, 4.69) is 59.0 Å². The number of ketones is 1. The molecule has 1 unspecified atom stereocenters. The summed E-state index contributed by atoms with van der Waals surface area (Å²) in [6, 6.07) is 12.4. The Morgan fingerprint density at radius 1 is 1.08 bits per heavy atom. The number of carbonyl (C=O) groups is 1. The topological polar surface area (TPSA) is 26.3 Å². The smallest absolute Gasteiger partial charge is 0.192 e. The van der Waals surface area contributed by atoms with Crippen molar-refractivity contribution in [3.8, 4) is 0 Å². The second-order valence-electron chi connectivity index (χ2n) is 8.35. The van der Waals surface area contributed by atoms with Crippen LogP contribution in [-0.4, -0.2) is 20.2 Å². The van der Waals surface area contributed by atoms with Crippen LogP contribution in [0.4, 0.5) is 0 Å². The average Bonchev–Trinajstić information content (AvgIpc) is 2.44. The van der Waals surface area contributed by atoms with Crippen LogP contribution in [0.1, 0.15) is 50.5 Å². The Balaban J connectivity index is 2.15. The normalized spacial score (nSPS) is 14.0. The van der Waals surface area contributed by atoms with Gasteiger partial charge < -0.3 is 4.43 Å². The van der Waals surface area contributed by atoms with Crippen LogP contribution in [0.25, 0.3) is 10.8 Å². The summed E-state index contributed by atoms with van der Waals surface area (Å²) in [7, 11) is -1.73. The lowest BCUT2D eigenvalue weighted by atomic mass is 10.0. The van der Waals surface area contributed by atoms with Crippen LogP contribution < -0.4 is 0 Å². The highest BCUT2D eigenvalue weighted by molar-refractivity contribution is 6.74. The fourth-order valence-corrected chi connectivity index (χ4v) is 4.14. The standard InChI is InChI=1S/C21H30O2Si/c1-15(23-24(6,7)21(3,4)5)12-17-8-9-20-14-18(16(2)22)10-11-19(20)13-17/h8-11,13-15H,12H2,1-7H3. The largest absolute Gasteiger partial charge is 0.414 e. The van der Waals surface area contributed by atoms with E-state index in [1.54, 1.807) is 6.92 Å². The lowest BCUT2D eigenvalue weighted by molar-refractivity contribution is 0.101. The number of benzene rings is 2. The zero-order valence-electron chi connectivity index (χ0n) is 16.1. The first kappa shape index (κ1) is 18.9. The molecular formula is C21H30O2Si. The van der Waals surface area contributed by atoms with Crippen molar-refractivity contribution in [3.05, 3.63) is 47.5 Å². The van der Waals surface area contributed by atoms with Gasteiger partial charge in [0.25, 0.3) is 0 Å². The van der Waals surface area contributed by atoms with Crippen molar-refractivity contribution < 1.29 is 9.22 Å². The number of carbonyl (C=O) groups excluding carboxylic acids is 1. The molecule has 0 bridgehead atoms. The SMILES string of the molecule is CC(=O)c1ccc2cc(CC(C)O[Si](C)(C)C(C)(C)C)ccc2c1. The van der Waals surface area contributed by atoms with Gasteiger partial charge in [0.1, 0.15) is 0 Å². The Bertz CT molecular complexity index is 741. The fraction of sp³-hybridized carbons (Fsp3) is 0.476. The second kappa shape index (κ2) is 6.81. The zero-order valence-corrected chi connectivity index (χ0v) is 17.1. The van der Waals surface area contributed by atoms with Crippen molar-refractivity contribution in [1.29, 1.82) is 0 Å². The van der Waals surface area contributed by atoms with Gasteiger partial charge in [-0.2, -0.15) is 0 Å². The Morgan fingerprint density at radius 3 is 2.25 bits per heavy atom. The number of hydrogen-bond acceptors (Lipinski definition) is 2. The first-order chi connectivity index (χ1) is 11.0. The van der Waals surface area contributed by atoms with Gasteiger partial charge in [0.05, 0.1) is 0 Å². The molecule has 2 aromatic carbocycles. The maximum Gasteiger partial charge on any atom is 0.192 e. The summed E-state index contributed by atoms with van der Waals surface area (Å²) in [4.78, 5) is 11.5. The number of rotatable bonds is 5.